The summed E-state index contributed by atoms with van der Waals surface area (Å²) in [5.74, 6) is -0.166. The normalized spacial score (nSPS) is 10.9. The highest BCUT2D eigenvalue weighted by Crippen LogP contribution is 2.29. The number of halogens is 1. The number of benzene rings is 2. The first-order valence-electron chi connectivity index (χ1n) is 9.16. The number of para-hydroxylation sites is 1. The zero-order valence-electron chi connectivity index (χ0n) is 15.5. The summed E-state index contributed by atoms with van der Waals surface area (Å²) in [6.45, 7) is 0.453. The molecule has 2 aromatic carbocycles. The molecule has 0 radical (unpaired) electrons. The Bertz CT molecular complexity index is 1170. The van der Waals surface area contributed by atoms with E-state index in [9.17, 15) is 9.59 Å². The van der Waals surface area contributed by atoms with Gasteiger partial charge in [0.15, 0.2) is 5.13 Å². The van der Waals surface area contributed by atoms with Gasteiger partial charge >= 0.3 is 0 Å². The summed E-state index contributed by atoms with van der Waals surface area (Å²) in [5.41, 5.74) is 1.80. The highest BCUT2D eigenvalue weighted by atomic mass is 79.9. The van der Waals surface area contributed by atoms with E-state index < -0.39 is 0 Å². The van der Waals surface area contributed by atoms with Gasteiger partial charge in [0.05, 0.1) is 10.2 Å². The molecule has 7 heteroatoms. The molecule has 0 saturated carbocycles. The van der Waals surface area contributed by atoms with E-state index in [0.29, 0.717) is 18.1 Å². The molecule has 2 aromatic heterocycles. The Morgan fingerprint density at radius 2 is 1.79 bits per heavy atom. The third-order valence-corrected chi connectivity index (χ3v) is 6.06. The molecule has 146 valence electrons. The van der Waals surface area contributed by atoms with Crippen molar-refractivity contribution in [2.24, 2.45) is 0 Å². The van der Waals surface area contributed by atoms with Crippen molar-refractivity contribution in [3.8, 4) is 0 Å². The minimum atomic E-state index is -0.214. The largest absolute Gasteiger partial charge is 0.305 e. The van der Waals surface area contributed by atoms with E-state index in [-0.39, 0.29) is 18.0 Å². The van der Waals surface area contributed by atoms with Crippen LogP contribution in [0.25, 0.3) is 10.2 Å². The van der Waals surface area contributed by atoms with Gasteiger partial charge in [0.1, 0.15) is 6.54 Å². The SMILES string of the molecule is O=C(Cn1cc(Br)ccc1=O)N(CCc1ccccc1)c1nc2ccccc2s1. The maximum atomic E-state index is 13.2. The van der Waals surface area contributed by atoms with Gasteiger partial charge < -0.3 is 4.57 Å². The quantitative estimate of drug-likeness (QED) is 0.419. The predicted octanol–water partition coefficient (Wildman–Crippen LogP) is 4.50. The van der Waals surface area contributed by atoms with Crippen LogP contribution < -0.4 is 10.5 Å². The molecule has 0 unspecified atom stereocenters. The second-order valence-corrected chi connectivity index (χ2v) is 8.48. The van der Waals surface area contributed by atoms with Crippen molar-refractivity contribution in [2.75, 3.05) is 11.4 Å². The lowest BCUT2D eigenvalue weighted by molar-refractivity contribution is -0.119. The smallest absolute Gasteiger partial charge is 0.251 e. The van der Waals surface area contributed by atoms with Crippen LogP contribution in [-0.2, 0) is 17.8 Å². The molecule has 1 amide bonds. The van der Waals surface area contributed by atoms with Gasteiger partial charge in [-0.25, -0.2) is 4.98 Å². The molecule has 0 aliphatic heterocycles. The van der Waals surface area contributed by atoms with Crippen molar-refractivity contribution in [3.05, 3.63) is 93.3 Å². The van der Waals surface area contributed by atoms with E-state index in [2.05, 4.69) is 20.9 Å². The third kappa shape index (κ3) is 4.63. The number of thiazole rings is 1. The summed E-state index contributed by atoms with van der Waals surface area (Å²) in [7, 11) is 0. The highest BCUT2D eigenvalue weighted by molar-refractivity contribution is 9.10. The van der Waals surface area contributed by atoms with Crippen LogP contribution >= 0.6 is 27.3 Å². The Morgan fingerprint density at radius 3 is 2.59 bits per heavy atom. The topological polar surface area (TPSA) is 55.2 Å². The first kappa shape index (κ1) is 19.5. The van der Waals surface area contributed by atoms with Crippen LogP contribution in [0.15, 0.2) is 82.2 Å². The minimum Gasteiger partial charge on any atom is -0.305 e. The lowest BCUT2D eigenvalue weighted by Gasteiger charge is -2.20. The fourth-order valence-corrected chi connectivity index (χ4v) is 4.43. The number of hydrogen-bond donors (Lipinski definition) is 0. The van der Waals surface area contributed by atoms with Gasteiger partial charge in [-0.15, -0.1) is 0 Å². The maximum Gasteiger partial charge on any atom is 0.251 e. The van der Waals surface area contributed by atoms with Gasteiger partial charge in [-0.2, -0.15) is 0 Å². The van der Waals surface area contributed by atoms with Crippen LogP contribution in [-0.4, -0.2) is 22.0 Å². The van der Waals surface area contributed by atoms with Gasteiger partial charge in [-0.05, 0) is 46.1 Å². The highest BCUT2D eigenvalue weighted by Gasteiger charge is 2.20. The third-order valence-electron chi connectivity index (χ3n) is 4.53. The van der Waals surface area contributed by atoms with Gasteiger partial charge in [-0.1, -0.05) is 53.8 Å². The number of carbonyl (C=O) groups is 1. The number of amides is 1. The Morgan fingerprint density at radius 1 is 1.03 bits per heavy atom. The molecule has 0 atom stereocenters. The second kappa shape index (κ2) is 8.71. The predicted molar refractivity (Wildman–Crippen MR) is 121 cm³/mol. The summed E-state index contributed by atoms with van der Waals surface area (Å²) >= 11 is 4.84. The minimum absolute atomic E-state index is 0.0387. The summed E-state index contributed by atoms with van der Waals surface area (Å²) in [4.78, 5) is 31.7. The summed E-state index contributed by atoms with van der Waals surface area (Å²) in [6, 6.07) is 21.0. The van der Waals surface area contributed by atoms with E-state index >= 15 is 0 Å². The summed E-state index contributed by atoms with van der Waals surface area (Å²) in [5, 5.41) is 0.648. The maximum absolute atomic E-state index is 13.2. The molecule has 0 bridgehead atoms. The van der Waals surface area contributed by atoms with Gasteiger partial charge in [-0.3, -0.25) is 14.5 Å². The number of nitrogens with zero attached hydrogens (tertiary/aromatic N) is 3. The fourth-order valence-electron chi connectivity index (χ4n) is 3.04. The van der Waals surface area contributed by atoms with Gasteiger partial charge in [0.2, 0.25) is 5.91 Å². The lowest BCUT2D eigenvalue weighted by atomic mass is 10.1. The monoisotopic (exact) mass is 467 g/mol. The van der Waals surface area contributed by atoms with E-state index in [4.69, 9.17) is 0 Å². The lowest BCUT2D eigenvalue weighted by Crippen LogP contribution is -2.37. The molecule has 0 aliphatic rings. The average molecular weight is 468 g/mol. The number of anilines is 1. The first-order chi connectivity index (χ1) is 14.1. The molecule has 4 rings (SSSR count). The van der Waals surface area contributed by atoms with Gasteiger partial charge in [0.25, 0.3) is 5.56 Å². The van der Waals surface area contributed by atoms with E-state index in [1.807, 2.05) is 54.6 Å². The number of hydrogen-bond acceptors (Lipinski definition) is 4. The second-order valence-electron chi connectivity index (χ2n) is 6.56. The number of carbonyl (C=O) groups excluding carboxylic acids is 1. The number of pyridine rings is 1. The molecular formula is C22H18BrN3O2S. The molecule has 0 spiro atoms. The van der Waals surface area contributed by atoms with Crippen molar-refractivity contribution < 1.29 is 4.79 Å². The zero-order chi connectivity index (χ0) is 20.2. The van der Waals surface area contributed by atoms with Crippen LogP contribution in [0.4, 0.5) is 5.13 Å². The van der Waals surface area contributed by atoms with Crippen LogP contribution in [0.5, 0.6) is 0 Å². The molecule has 29 heavy (non-hydrogen) atoms. The number of aromatic nitrogens is 2. The van der Waals surface area contributed by atoms with Crippen molar-refractivity contribution in [3.63, 3.8) is 0 Å². The molecule has 0 N–H and O–H groups in total. The number of rotatable bonds is 6. The molecule has 0 fully saturated rings. The Hall–Kier alpha value is -2.77. The van der Waals surface area contributed by atoms with E-state index in [1.165, 1.54) is 22.0 Å². The van der Waals surface area contributed by atoms with E-state index in [1.54, 1.807) is 17.2 Å². The molecule has 0 aliphatic carbocycles. The number of fused-ring (bicyclic) bond motifs is 1. The average Bonchev–Trinajstić information content (AvgIpc) is 3.15. The first-order valence-corrected chi connectivity index (χ1v) is 10.8. The molecule has 5 nitrogen and oxygen atoms in total. The van der Waals surface area contributed by atoms with Gasteiger partial charge in [0, 0.05) is 23.3 Å². The van der Waals surface area contributed by atoms with Crippen LogP contribution in [0.2, 0.25) is 0 Å². The Kier molecular flexibility index (Phi) is 5.87. The standard InChI is InChI=1S/C22H18BrN3O2S/c23-17-10-11-20(27)25(14-17)15-21(28)26(13-12-16-6-2-1-3-7-16)22-24-18-8-4-5-9-19(18)29-22/h1-11,14H,12-13,15H2. The Balaban J connectivity index is 1.63. The van der Waals surface area contributed by atoms with Crippen LogP contribution in [0.1, 0.15) is 5.56 Å². The van der Waals surface area contributed by atoms with Crippen LogP contribution in [0.3, 0.4) is 0 Å². The van der Waals surface area contributed by atoms with Crippen molar-refractivity contribution in [1.82, 2.24) is 9.55 Å². The van der Waals surface area contributed by atoms with Crippen molar-refractivity contribution >= 4 is 48.5 Å². The fraction of sp³-hybridized carbons (Fsp3) is 0.136. The Labute approximate surface area is 180 Å². The molecular weight excluding hydrogens is 450 g/mol. The molecule has 2 heterocycles. The zero-order valence-corrected chi connectivity index (χ0v) is 17.9. The molecule has 4 aromatic rings. The summed E-state index contributed by atoms with van der Waals surface area (Å²) < 4.78 is 3.19. The van der Waals surface area contributed by atoms with E-state index in [0.717, 1.165) is 20.3 Å². The van der Waals surface area contributed by atoms with Crippen molar-refractivity contribution in [2.45, 2.75) is 13.0 Å². The van der Waals surface area contributed by atoms with Crippen LogP contribution in [0, 0.1) is 0 Å². The van der Waals surface area contributed by atoms with Crippen molar-refractivity contribution in [1.29, 1.82) is 0 Å². The summed E-state index contributed by atoms with van der Waals surface area (Å²) in [6.07, 6.45) is 2.34. The molecule has 0 saturated heterocycles.